The molecule has 4 aliphatic heterocycles. The van der Waals surface area contributed by atoms with Crippen molar-refractivity contribution in [2.75, 3.05) is 32.9 Å². The zero-order valence-electron chi connectivity index (χ0n) is 40.2. The summed E-state index contributed by atoms with van der Waals surface area (Å²) in [4.78, 5) is 88.7. The van der Waals surface area contributed by atoms with Crippen LogP contribution in [0.1, 0.15) is 61.3 Å². The summed E-state index contributed by atoms with van der Waals surface area (Å²) in [5.41, 5.74) is 6.20. The summed E-state index contributed by atoms with van der Waals surface area (Å²) in [7, 11) is 1.89. The van der Waals surface area contributed by atoms with Gasteiger partial charge in [-0.25, -0.2) is 9.59 Å². The number of ether oxygens (including phenoxy) is 2. The van der Waals surface area contributed by atoms with Gasteiger partial charge in [0, 0.05) is 60.5 Å². The van der Waals surface area contributed by atoms with Crippen LogP contribution in [0.5, 0.6) is 11.5 Å². The lowest BCUT2D eigenvalue weighted by atomic mass is 9.88. The summed E-state index contributed by atoms with van der Waals surface area (Å²) in [5, 5.41) is 23.4. The van der Waals surface area contributed by atoms with Gasteiger partial charge in [0.1, 0.15) is 31.3 Å². The molecule has 4 aromatic carbocycles. The van der Waals surface area contributed by atoms with Crippen molar-refractivity contribution in [2.45, 2.75) is 44.9 Å². The number of carbonyl (C=O) groups is 6. The third-order valence-corrected chi connectivity index (χ3v) is 13.1. The number of carbonyl (C=O) groups excluding carboxylic acids is 6. The molecule has 4 aliphatic rings. The average Bonchev–Trinajstić information content (AvgIpc) is 4.13. The summed E-state index contributed by atoms with van der Waals surface area (Å²) in [6.45, 7) is 6.25. The van der Waals surface area contributed by atoms with Crippen molar-refractivity contribution in [3.05, 3.63) is 148 Å². The number of fused-ring (bicyclic) bond motifs is 2. The van der Waals surface area contributed by atoms with E-state index in [9.17, 15) is 28.8 Å². The Hall–Kier alpha value is -9.33. The number of amides is 8. The molecule has 8 amide bonds. The molecule has 0 aliphatic carbocycles. The van der Waals surface area contributed by atoms with E-state index in [1.165, 1.54) is 0 Å². The molecule has 6 heterocycles. The van der Waals surface area contributed by atoms with E-state index < -0.39 is 35.0 Å². The number of aryl methyl sites for hydroxylation is 2. The smallest absolute Gasteiger partial charge is 0.322 e. The van der Waals surface area contributed by atoms with Gasteiger partial charge in [0.25, 0.3) is 23.6 Å². The largest absolute Gasteiger partial charge is 0.481 e. The van der Waals surface area contributed by atoms with E-state index >= 15 is 0 Å². The molecule has 19 heteroatoms. The molecule has 6 aromatic rings. The molecule has 0 spiro atoms. The first kappa shape index (κ1) is 48.7. The van der Waals surface area contributed by atoms with Crippen LogP contribution in [-0.4, -0.2) is 103 Å². The number of aliphatic hydroxyl groups excluding tert-OH is 1. The first-order valence-electron chi connectivity index (χ1n) is 23.0. The van der Waals surface area contributed by atoms with Crippen molar-refractivity contribution < 1.29 is 43.3 Å². The summed E-state index contributed by atoms with van der Waals surface area (Å²) >= 11 is 0. The molecule has 0 radical (unpaired) electrons. The lowest BCUT2D eigenvalue weighted by molar-refractivity contribution is -0.125. The molecule has 368 valence electrons. The second kappa shape index (κ2) is 20.2. The summed E-state index contributed by atoms with van der Waals surface area (Å²) in [6.07, 6.45) is 4.83. The predicted molar refractivity (Wildman–Crippen MR) is 264 cm³/mol. The number of hydrogen-bond donors (Lipinski definition) is 5. The van der Waals surface area contributed by atoms with Crippen molar-refractivity contribution in [1.29, 1.82) is 0 Å². The van der Waals surface area contributed by atoms with E-state index in [2.05, 4.69) is 60.0 Å². The number of rotatable bonds is 12. The van der Waals surface area contributed by atoms with Crippen LogP contribution in [0.4, 0.5) is 9.59 Å². The number of nitrogens with one attached hydrogen (secondary N) is 4. The molecule has 2 aromatic heterocycles. The third-order valence-electron chi connectivity index (χ3n) is 13.1. The number of nitrogens with zero attached hydrogens (tertiary/aromatic N) is 6. The van der Waals surface area contributed by atoms with Crippen LogP contribution in [0.15, 0.2) is 104 Å². The molecular weight excluding hydrogens is 933 g/mol. The lowest BCUT2D eigenvalue weighted by Crippen LogP contribution is -2.52. The van der Waals surface area contributed by atoms with Crippen molar-refractivity contribution in [3.8, 4) is 57.6 Å². The first-order valence-corrected chi connectivity index (χ1v) is 23.0. The van der Waals surface area contributed by atoms with E-state index in [0.717, 1.165) is 39.2 Å². The highest BCUT2D eigenvalue weighted by molar-refractivity contribution is 6.09. The van der Waals surface area contributed by atoms with Gasteiger partial charge in [-0.05, 0) is 72.9 Å². The Morgan fingerprint density at radius 2 is 1.19 bits per heavy atom. The Bertz CT molecular complexity index is 3340. The van der Waals surface area contributed by atoms with Gasteiger partial charge in [-0.15, -0.1) is 5.92 Å². The second-order valence-corrected chi connectivity index (χ2v) is 17.5. The van der Waals surface area contributed by atoms with Gasteiger partial charge in [0.05, 0.1) is 30.7 Å². The number of aliphatic hydroxyl groups is 1. The molecule has 0 bridgehead atoms. The van der Waals surface area contributed by atoms with Crippen LogP contribution in [0.25, 0.3) is 22.4 Å². The summed E-state index contributed by atoms with van der Waals surface area (Å²) < 4.78 is 13.0. The van der Waals surface area contributed by atoms with Gasteiger partial charge in [-0.1, -0.05) is 78.4 Å². The topological polar surface area (TPSA) is 239 Å². The number of benzene rings is 4. The number of imide groups is 2. The van der Waals surface area contributed by atoms with Crippen LogP contribution < -0.4 is 30.7 Å². The van der Waals surface area contributed by atoms with E-state index in [4.69, 9.17) is 14.6 Å². The second-order valence-electron chi connectivity index (χ2n) is 17.5. The number of hydrogen-bond acceptors (Lipinski definition) is 12. The summed E-state index contributed by atoms with van der Waals surface area (Å²) in [5.74, 6) is 10.2. The van der Waals surface area contributed by atoms with Crippen molar-refractivity contribution >= 4 is 35.7 Å². The fourth-order valence-corrected chi connectivity index (χ4v) is 9.39. The van der Waals surface area contributed by atoms with Gasteiger partial charge in [-0.2, -0.15) is 5.10 Å². The molecule has 5 N–H and O–H groups in total. The quantitative estimate of drug-likeness (QED) is 0.0864. The molecule has 2 fully saturated rings. The zero-order valence-corrected chi connectivity index (χ0v) is 40.2. The number of aromatic nitrogens is 4. The molecule has 0 saturated carbocycles. The SMILES string of the molecule is CC#CCOc1ccc2c(c1)C(=O)N(C[C@@]1(c3ccc(-c4cnccn4)cc3)NC(=O)NC1=O)C2.Cc1nn(C)c(C)c1-c1ccc([C@]2(CN3Cc4ccc(OCC#CCO)cc4C3=O)NC(=O)NC2=O)cc1. The van der Waals surface area contributed by atoms with E-state index in [-0.39, 0.29) is 51.3 Å². The number of urea groups is 2. The third kappa shape index (κ3) is 9.52. The highest BCUT2D eigenvalue weighted by Crippen LogP contribution is 2.36. The Labute approximate surface area is 419 Å². The van der Waals surface area contributed by atoms with Crippen LogP contribution >= 0.6 is 0 Å². The highest BCUT2D eigenvalue weighted by Gasteiger charge is 2.52. The van der Waals surface area contributed by atoms with Gasteiger partial charge in [-0.3, -0.25) is 44.5 Å². The maximum atomic E-state index is 13.3. The normalized spacial score (nSPS) is 18.3. The van der Waals surface area contributed by atoms with Crippen LogP contribution in [0.3, 0.4) is 0 Å². The zero-order chi connectivity index (χ0) is 51.4. The average molecular weight is 981 g/mol. The Morgan fingerprint density at radius 3 is 1.63 bits per heavy atom. The van der Waals surface area contributed by atoms with E-state index in [0.29, 0.717) is 46.0 Å². The fraction of sp³-hybridized carbons (Fsp3) is 0.241. The minimum absolute atomic E-state index is 0.0277. The Morgan fingerprint density at radius 1 is 0.671 bits per heavy atom. The molecule has 0 unspecified atom stereocenters. The molecule has 73 heavy (non-hydrogen) atoms. The fourth-order valence-electron chi connectivity index (χ4n) is 9.39. The van der Waals surface area contributed by atoms with E-state index in [1.807, 2.05) is 55.9 Å². The van der Waals surface area contributed by atoms with Crippen LogP contribution in [-0.2, 0) is 40.8 Å². The Balaban J connectivity index is 0.000000180. The minimum Gasteiger partial charge on any atom is -0.481 e. The van der Waals surface area contributed by atoms with Gasteiger partial charge in [0.2, 0.25) is 0 Å². The lowest BCUT2D eigenvalue weighted by Gasteiger charge is -2.31. The van der Waals surface area contributed by atoms with Gasteiger partial charge < -0.3 is 35.0 Å². The summed E-state index contributed by atoms with van der Waals surface area (Å²) in [6, 6.07) is 23.8. The van der Waals surface area contributed by atoms with Crippen LogP contribution in [0.2, 0.25) is 0 Å². The molecule has 2 saturated heterocycles. The maximum Gasteiger partial charge on any atom is 0.322 e. The van der Waals surface area contributed by atoms with Crippen molar-refractivity contribution in [3.63, 3.8) is 0 Å². The molecular formula is C54H48N10O9. The standard InChI is InChI=1S/C28H27N5O5.C26H21N5O4/c1-17-24(18(2)32(3)31-17)19-6-9-21(10-7-19)28(26(36)29-27(37)30-28)16-33-15-20-8-11-22(14-23(20)25(33)35)38-13-5-4-12-34;1-2-3-12-35-20-9-6-18-15-31(23(32)21(18)13-20)16-26(24(33)29-25(34)30-26)19-7-4-17(5-8-19)22-14-27-10-11-28-22/h6-11,14,34H,12-13,15-16H2,1-3H3,(H2,29,30,36,37);4-11,13-14H,12,15-16H2,1H3,(H2,29,30,33,34)/t28-;26-/m00/s1. The predicted octanol–water partition coefficient (Wildman–Crippen LogP) is 4.01. The van der Waals surface area contributed by atoms with Crippen molar-refractivity contribution in [2.24, 2.45) is 7.05 Å². The van der Waals surface area contributed by atoms with Gasteiger partial charge >= 0.3 is 12.1 Å². The first-order chi connectivity index (χ1) is 35.2. The monoisotopic (exact) mass is 980 g/mol. The molecule has 10 rings (SSSR count). The van der Waals surface area contributed by atoms with E-state index in [1.54, 1.807) is 89.9 Å². The maximum absolute atomic E-state index is 13.3. The highest BCUT2D eigenvalue weighted by atomic mass is 16.5. The van der Waals surface area contributed by atoms with Gasteiger partial charge in [0.15, 0.2) is 11.1 Å². The molecule has 19 nitrogen and oxygen atoms in total. The van der Waals surface area contributed by atoms with Crippen molar-refractivity contribution in [1.82, 2.24) is 50.8 Å². The van der Waals surface area contributed by atoms with Crippen LogP contribution in [0, 0.1) is 37.5 Å². The molecule has 2 atom stereocenters. The minimum atomic E-state index is -1.44. The Kier molecular flexibility index (Phi) is 13.5.